The Labute approximate surface area is 225 Å². The van der Waals surface area contributed by atoms with Crippen LogP contribution in [0.3, 0.4) is 0 Å². The van der Waals surface area contributed by atoms with E-state index in [4.69, 9.17) is 14.2 Å². The van der Waals surface area contributed by atoms with Crippen LogP contribution in [0, 0.1) is 5.82 Å². The molecule has 2 atom stereocenters. The zero-order chi connectivity index (χ0) is 26.5. The molecule has 0 N–H and O–H groups in total. The summed E-state index contributed by atoms with van der Waals surface area (Å²) in [5.74, 6) is -0.155. The fraction of sp³-hybridized carbons (Fsp3) is 0.379. The van der Waals surface area contributed by atoms with Gasteiger partial charge in [0.2, 0.25) is 5.91 Å². The van der Waals surface area contributed by atoms with Gasteiger partial charge in [0.1, 0.15) is 18.9 Å². The fourth-order valence-electron chi connectivity index (χ4n) is 5.05. The molecule has 0 unspecified atom stereocenters. The largest absolute Gasteiger partial charge is 0.497 e. The summed E-state index contributed by atoms with van der Waals surface area (Å²) in [5, 5.41) is 2.00. The van der Waals surface area contributed by atoms with Crippen LogP contribution in [0.4, 0.5) is 4.39 Å². The zero-order valence-electron chi connectivity index (χ0n) is 21.3. The summed E-state index contributed by atoms with van der Waals surface area (Å²) in [7, 11) is 1.55. The van der Waals surface area contributed by atoms with E-state index in [1.165, 1.54) is 10.9 Å². The van der Waals surface area contributed by atoms with Crippen molar-refractivity contribution in [2.75, 3.05) is 40.0 Å². The highest BCUT2D eigenvalue weighted by molar-refractivity contribution is 7.10. The third-order valence-electron chi connectivity index (χ3n) is 7.03. The lowest BCUT2D eigenvalue weighted by Gasteiger charge is -2.37. The Hall–Kier alpha value is -3.43. The Kier molecular flexibility index (Phi) is 8.24. The molecule has 200 valence electrons. The van der Waals surface area contributed by atoms with Gasteiger partial charge < -0.3 is 24.0 Å². The number of methoxy groups -OCH3 is 1. The molecule has 0 spiro atoms. The average Bonchev–Trinajstić information content (AvgIpc) is 3.64. The maximum atomic E-state index is 14.2. The quantitative estimate of drug-likeness (QED) is 0.394. The van der Waals surface area contributed by atoms with E-state index in [1.54, 1.807) is 70.7 Å². The van der Waals surface area contributed by atoms with Crippen molar-refractivity contribution in [3.05, 3.63) is 81.8 Å². The summed E-state index contributed by atoms with van der Waals surface area (Å²) in [6.07, 6.45) is 2.40. The number of amides is 2. The van der Waals surface area contributed by atoms with Crippen LogP contribution >= 0.6 is 11.3 Å². The van der Waals surface area contributed by atoms with Crippen LogP contribution in [0.15, 0.2) is 60.0 Å². The third-order valence-corrected chi connectivity index (χ3v) is 8.02. The van der Waals surface area contributed by atoms with Crippen LogP contribution < -0.4 is 9.47 Å². The van der Waals surface area contributed by atoms with Crippen molar-refractivity contribution in [3.63, 3.8) is 0 Å². The number of hydrogen-bond acceptors (Lipinski definition) is 6. The Balaban J connectivity index is 1.36. The third kappa shape index (κ3) is 5.84. The molecule has 0 saturated carbocycles. The SMILES string of the molecule is COc1cccc(C(=O)N(CC(=O)N2CCc3sccc3[C@H]2COc2ccccc2F)C[C@H]2CCCO2)c1. The van der Waals surface area contributed by atoms with Crippen molar-refractivity contribution in [2.45, 2.75) is 31.4 Å². The minimum atomic E-state index is -0.446. The maximum Gasteiger partial charge on any atom is 0.254 e. The maximum absolute atomic E-state index is 14.2. The number of benzene rings is 2. The molecule has 2 aromatic carbocycles. The van der Waals surface area contributed by atoms with E-state index < -0.39 is 5.82 Å². The Morgan fingerprint density at radius 2 is 2.05 bits per heavy atom. The van der Waals surface area contributed by atoms with Crippen molar-refractivity contribution in [1.82, 2.24) is 9.80 Å². The molecule has 2 aliphatic heterocycles. The molecular formula is C29H31FN2O5S. The van der Waals surface area contributed by atoms with Crippen LogP contribution in [0.2, 0.25) is 0 Å². The molecule has 2 amide bonds. The first kappa shape index (κ1) is 26.2. The van der Waals surface area contributed by atoms with Gasteiger partial charge in [0, 0.05) is 30.1 Å². The highest BCUT2D eigenvalue weighted by Gasteiger charge is 2.34. The van der Waals surface area contributed by atoms with Crippen molar-refractivity contribution >= 4 is 23.2 Å². The lowest BCUT2D eigenvalue weighted by molar-refractivity contribution is -0.135. The summed E-state index contributed by atoms with van der Waals surface area (Å²) < 4.78 is 31.2. The number of fused-ring (bicyclic) bond motifs is 1. The lowest BCUT2D eigenvalue weighted by atomic mass is 10.00. The number of halogens is 1. The molecule has 3 heterocycles. The predicted octanol–water partition coefficient (Wildman–Crippen LogP) is 4.72. The summed E-state index contributed by atoms with van der Waals surface area (Å²) in [5.41, 5.74) is 1.46. The van der Waals surface area contributed by atoms with Crippen LogP contribution in [0.5, 0.6) is 11.5 Å². The average molecular weight is 539 g/mol. The second-order valence-electron chi connectivity index (χ2n) is 9.45. The number of thiophene rings is 1. The number of rotatable bonds is 9. The molecular weight excluding hydrogens is 507 g/mol. The van der Waals surface area contributed by atoms with Crippen molar-refractivity contribution in [2.24, 2.45) is 0 Å². The topological polar surface area (TPSA) is 68.3 Å². The van der Waals surface area contributed by atoms with Gasteiger partial charge in [0.25, 0.3) is 5.91 Å². The number of carbonyl (C=O) groups is 2. The van der Waals surface area contributed by atoms with Gasteiger partial charge in [-0.15, -0.1) is 11.3 Å². The molecule has 1 saturated heterocycles. The molecule has 2 aliphatic rings. The summed E-state index contributed by atoms with van der Waals surface area (Å²) in [6.45, 7) is 1.51. The van der Waals surface area contributed by atoms with E-state index in [-0.39, 0.29) is 42.9 Å². The van der Waals surface area contributed by atoms with Gasteiger partial charge in [-0.2, -0.15) is 0 Å². The smallest absolute Gasteiger partial charge is 0.254 e. The summed E-state index contributed by atoms with van der Waals surface area (Å²) in [4.78, 5) is 31.9. The van der Waals surface area contributed by atoms with Gasteiger partial charge in [-0.25, -0.2) is 4.39 Å². The molecule has 7 nitrogen and oxygen atoms in total. The fourth-order valence-corrected chi connectivity index (χ4v) is 5.98. The van der Waals surface area contributed by atoms with Crippen LogP contribution in [-0.4, -0.2) is 67.7 Å². The predicted molar refractivity (Wildman–Crippen MR) is 142 cm³/mol. The second-order valence-corrected chi connectivity index (χ2v) is 10.4. The normalized spacial score (nSPS) is 18.6. The van der Waals surface area contributed by atoms with Gasteiger partial charge in [0.05, 0.1) is 19.3 Å². The Bertz CT molecular complexity index is 1280. The highest BCUT2D eigenvalue weighted by atomic mass is 32.1. The number of nitrogens with zero attached hydrogens (tertiary/aromatic N) is 2. The van der Waals surface area contributed by atoms with Crippen LogP contribution in [0.1, 0.15) is 39.7 Å². The van der Waals surface area contributed by atoms with Crippen molar-refractivity contribution < 1.29 is 28.2 Å². The standard InChI is InChI=1S/C29H31FN2O5S/c1-35-21-7-4-6-20(16-21)29(34)31(17-22-8-5-14-36-22)18-28(33)32-13-11-27-23(12-15-38-27)25(32)19-37-26-10-3-2-9-24(26)30/h2-4,6-7,9-10,12,15-16,22,25H,5,8,11,13-14,17-19H2,1H3/t22-,25-/m1/s1. The molecule has 0 bridgehead atoms. The number of hydrogen-bond donors (Lipinski definition) is 0. The lowest BCUT2D eigenvalue weighted by Crippen LogP contribution is -2.49. The number of carbonyl (C=O) groups excluding carboxylic acids is 2. The molecule has 5 rings (SSSR count). The molecule has 0 aliphatic carbocycles. The van der Waals surface area contributed by atoms with E-state index in [0.29, 0.717) is 31.0 Å². The van der Waals surface area contributed by atoms with Gasteiger partial charge in [-0.1, -0.05) is 18.2 Å². The van der Waals surface area contributed by atoms with Gasteiger partial charge >= 0.3 is 0 Å². The number of ether oxygens (including phenoxy) is 3. The van der Waals surface area contributed by atoms with E-state index in [1.807, 2.05) is 11.4 Å². The van der Waals surface area contributed by atoms with Crippen molar-refractivity contribution in [3.8, 4) is 11.5 Å². The minimum Gasteiger partial charge on any atom is -0.497 e. The van der Waals surface area contributed by atoms with Gasteiger partial charge in [-0.05, 0) is 66.6 Å². The van der Waals surface area contributed by atoms with Crippen LogP contribution in [0.25, 0.3) is 0 Å². The first-order chi connectivity index (χ1) is 18.5. The molecule has 3 aromatic rings. The monoisotopic (exact) mass is 538 g/mol. The molecule has 9 heteroatoms. The molecule has 1 fully saturated rings. The first-order valence-corrected chi connectivity index (χ1v) is 13.7. The van der Waals surface area contributed by atoms with Gasteiger partial charge in [-0.3, -0.25) is 9.59 Å². The van der Waals surface area contributed by atoms with Gasteiger partial charge in [0.15, 0.2) is 11.6 Å². The van der Waals surface area contributed by atoms with Crippen LogP contribution in [-0.2, 0) is 16.0 Å². The summed E-state index contributed by atoms with van der Waals surface area (Å²) in [6, 6.07) is 14.8. The van der Waals surface area contributed by atoms with E-state index in [2.05, 4.69) is 0 Å². The molecule has 1 aromatic heterocycles. The molecule has 0 radical (unpaired) electrons. The first-order valence-electron chi connectivity index (χ1n) is 12.8. The minimum absolute atomic E-state index is 0.0917. The van der Waals surface area contributed by atoms with E-state index in [9.17, 15) is 14.0 Å². The Morgan fingerprint density at radius 1 is 1.18 bits per heavy atom. The molecule has 38 heavy (non-hydrogen) atoms. The summed E-state index contributed by atoms with van der Waals surface area (Å²) >= 11 is 1.65. The highest BCUT2D eigenvalue weighted by Crippen LogP contribution is 2.34. The van der Waals surface area contributed by atoms with E-state index >= 15 is 0 Å². The zero-order valence-corrected chi connectivity index (χ0v) is 22.1. The number of para-hydroxylation sites is 1. The second kappa shape index (κ2) is 12.0. The van der Waals surface area contributed by atoms with E-state index in [0.717, 1.165) is 24.8 Å². The van der Waals surface area contributed by atoms with Crippen molar-refractivity contribution in [1.29, 1.82) is 0 Å². The Morgan fingerprint density at radius 3 is 2.84 bits per heavy atom.